The van der Waals surface area contributed by atoms with Crippen LogP contribution < -0.4 is 10.1 Å². The molecule has 1 spiro atoms. The van der Waals surface area contributed by atoms with Crippen LogP contribution in [0.15, 0.2) is 54.6 Å². The Bertz CT molecular complexity index is 891. The lowest BCUT2D eigenvalue weighted by Gasteiger charge is -2.41. The first-order valence-corrected chi connectivity index (χ1v) is 10.6. The Morgan fingerprint density at radius 2 is 1.73 bits per heavy atom. The number of rotatable bonds is 6. The molecule has 2 aromatic rings. The van der Waals surface area contributed by atoms with Gasteiger partial charge in [0, 0.05) is 19.5 Å². The van der Waals surface area contributed by atoms with Crippen molar-refractivity contribution in [1.82, 2.24) is 10.2 Å². The molecule has 1 fully saturated rings. The molecule has 1 heterocycles. The van der Waals surface area contributed by atoms with E-state index in [1.165, 1.54) is 11.1 Å². The highest BCUT2D eigenvalue weighted by atomic mass is 16.5. The van der Waals surface area contributed by atoms with Crippen LogP contribution in [0.3, 0.4) is 0 Å². The van der Waals surface area contributed by atoms with Gasteiger partial charge in [0.2, 0.25) is 5.91 Å². The summed E-state index contributed by atoms with van der Waals surface area (Å²) in [6.45, 7) is 1.58. The van der Waals surface area contributed by atoms with Gasteiger partial charge in [-0.05, 0) is 54.4 Å². The van der Waals surface area contributed by atoms with Crippen molar-refractivity contribution in [2.75, 3.05) is 19.7 Å². The average Bonchev–Trinajstić information content (AvgIpc) is 3.12. The van der Waals surface area contributed by atoms with Gasteiger partial charge in [0.1, 0.15) is 11.8 Å². The zero-order chi connectivity index (χ0) is 21.0. The van der Waals surface area contributed by atoms with Gasteiger partial charge in [-0.15, -0.1) is 0 Å². The van der Waals surface area contributed by atoms with Crippen molar-refractivity contribution in [2.45, 2.75) is 43.6 Å². The molecule has 0 radical (unpaired) electrons. The van der Waals surface area contributed by atoms with Crippen LogP contribution >= 0.6 is 0 Å². The molecule has 0 saturated carbocycles. The van der Waals surface area contributed by atoms with Gasteiger partial charge >= 0.3 is 6.09 Å². The molecule has 1 aliphatic carbocycles. The number of amides is 2. The van der Waals surface area contributed by atoms with Crippen LogP contribution in [0.4, 0.5) is 4.79 Å². The topological polar surface area (TPSA) is 78.9 Å². The summed E-state index contributed by atoms with van der Waals surface area (Å²) in [7, 11) is 0. The van der Waals surface area contributed by atoms with E-state index in [2.05, 4.69) is 29.6 Å². The van der Waals surface area contributed by atoms with Crippen LogP contribution in [0.2, 0.25) is 0 Å². The van der Waals surface area contributed by atoms with E-state index in [-0.39, 0.29) is 17.9 Å². The lowest BCUT2D eigenvalue weighted by molar-refractivity contribution is -0.135. The van der Waals surface area contributed by atoms with Crippen molar-refractivity contribution in [3.63, 3.8) is 0 Å². The molecular weight excluding hydrogens is 380 g/mol. The maximum Gasteiger partial charge on any atom is 0.405 e. The molecule has 0 aromatic heterocycles. The Balaban J connectivity index is 1.36. The average molecular weight is 408 g/mol. The minimum atomic E-state index is -1.19. The number of hydrogen-bond acceptors (Lipinski definition) is 3. The standard InChI is InChI=1S/C24H28N2O4/c27-22(21(25-23(28)29)11-17-30-19-7-2-1-3-8-19)26-15-13-24(14-16-26)12-10-18-6-4-5-9-20(18)24/h1-9,21,25H,10-17H2,(H,28,29). The summed E-state index contributed by atoms with van der Waals surface area (Å²) < 4.78 is 5.67. The fourth-order valence-corrected chi connectivity index (χ4v) is 4.88. The minimum Gasteiger partial charge on any atom is -0.494 e. The van der Waals surface area contributed by atoms with E-state index >= 15 is 0 Å². The summed E-state index contributed by atoms with van der Waals surface area (Å²) >= 11 is 0. The highest BCUT2D eigenvalue weighted by Crippen LogP contribution is 2.46. The third-order valence-electron chi connectivity index (χ3n) is 6.51. The second-order valence-corrected chi connectivity index (χ2v) is 8.22. The summed E-state index contributed by atoms with van der Waals surface area (Å²) in [6, 6.07) is 17.2. The molecule has 1 saturated heterocycles. The summed E-state index contributed by atoms with van der Waals surface area (Å²) in [5.74, 6) is 0.550. The highest BCUT2D eigenvalue weighted by molar-refractivity contribution is 5.85. The Labute approximate surface area is 176 Å². The molecule has 1 aliphatic heterocycles. The molecule has 2 N–H and O–H groups in total. The zero-order valence-electron chi connectivity index (χ0n) is 17.0. The normalized spacial score (nSPS) is 17.9. The van der Waals surface area contributed by atoms with E-state index in [1.807, 2.05) is 35.2 Å². The van der Waals surface area contributed by atoms with Gasteiger partial charge in [0.25, 0.3) is 0 Å². The first kappa shape index (κ1) is 20.3. The van der Waals surface area contributed by atoms with Crippen molar-refractivity contribution in [3.05, 3.63) is 65.7 Å². The van der Waals surface area contributed by atoms with Crippen molar-refractivity contribution >= 4 is 12.0 Å². The molecule has 158 valence electrons. The number of benzene rings is 2. The molecule has 4 rings (SSSR count). The van der Waals surface area contributed by atoms with Crippen LogP contribution in [0.1, 0.15) is 36.8 Å². The van der Waals surface area contributed by atoms with Crippen molar-refractivity contribution in [1.29, 1.82) is 0 Å². The van der Waals surface area contributed by atoms with E-state index < -0.39 is 12.1 Å². The summed E-state index contributed by atoms with van der Waals surface area (Å²) in [5.41, 5.74) is 3.04. The first-order chi connectivity index (χ1) is 14.6. The first-order valence-electron chi connectivity index (χ1n) is 10.6. The largest absolute Gasteiger partial charge is 0.494 e. The molecule has 2 aromatic carbocycles. The molecule has 2 amide bonds. The number of hydrogen-bond donors (Lipinski definition) is 2. The maximum atomic E-state index is 13.1. The van der Waals surface area contributed by atoms with E-state index in [0.29, 0.717) is 25.3 Å². The third-order valence-corrected chi connectivity index (χ3v) is 6.51. The fourth-order valence-electron chi connectivity index (χ4n) is 4.88. The number of fused-ring (bicyclic) bond motifs is 2. The smallest absolute Gasteiger partial charge is 0.405 e. The van der Waals surface area contributed by atoms with Crippen molar-refractivity contribution in [3.8, 4) is 5.75 Å². The molecular formula is C24H28N2O4. The van der Waals surface area contributed by atoms with E-state index in [4.69, 9.17) is 4.74 Å². The number of carbonyl (C=O) groups is 2. The summed E-state index contributed by atoms with van der Waals surface area (Å²) in [4.78, 5) is 26.1. The predicted molar refractivity (Wildman–Crippen MR) is 114 cm³/mol. The molecule has 2 aliphatic rings. The Morgan fingerprint density at radius 1 is 1.03 bits per heavy atom. The van der Waals surface area contributed by atoms with Gasteiger partial charge < -0.3 is 20.1 Å². The van der Waals surface area contributed by atoms with Crippen LogP contribution in [0.5, 0.6) is 5.75 Å². The Kier molecular flexibility index (Phi) is 5.93. The molecule has 6 nitrogen and oxygen atoms in total. The quantitative estimate of drug-likeness (QED) is 0.766. The maximum absolute atomic E-state index is 13.1. The van der Waals surface area contributed by atoms with Gasteiger partial charge in [-0.25, -0.2) is 4.79 Å². The summed E-state index contributed by atoms with van der Waals surface area (Å²) in [6.07, 6.45) is 3.20. The van der Waals surface area contributed by atoms with Gasteiger partial charge in [0.15, 0.2) is 0 Å². The second kappa shape index (κ2) is 8.78. The van der Waals surface area contributed by atoms with Gasteiger partial charge in [-0.1, -0.05) is 42.5 Å². The van der Waals surface area contributed by atoms with Crippen LogP contribution in [0, 0.1) is 0 Å². The third kappa shape index (κ3) is 4.27. The van der Waals surface area contributed by atoms with E-state index in [1.54, 1.807) is 0 Å². The second-order valence-electron chi connectivity index (χ2n) is 8.22. The fraction of sp³-hybridized carbons (Fsp3) is 0.417. The Hall–Kier alpha value is -3.02. The molecule has 6 heteroatoms. The summed E-state index contributed by atoms with van der Waals surface area (Å²) in [5, 5.41) is 11.6. The van der Waals surface area contributed by atoms with Crippen molar-refractivity contribution in [2.24, 2.45) is 0 Å². The number of ether oxygens (including phenoxy) is 1. The highest BCUT2D eigenvalue weighted by Gasteiger charge is 2.42. The zero-order valence-corrected chi connectivity index (χ0v) is 17.0. The molecule has 30 heavy (non-hydrogen) atoms. The molecule has 0 bridgehead atoms. The number of nitrogens with one attached hydrogen (secondary N) is 1. The number of carbonyl (C=O) groups excluding carboxylic acids is 1. The van der Waals surface area contributed by atoms with Crippen LogP contribution in [0.25, 0.3) is 0 Å². The van der Waals surface area contributed by atoms with Gasteiger partial charge in [-0.2, -0.15) is 0 Å². The number of likely N-dealkylation sites (tertiary alicyclic amines) is 1. The van der Waals surface area contributed by atoms with E-state index in [0.717, 1.165) is 25.7 Å². The number of carboxylic acid groups (broad SMARTS) is 1. The molecule has 1 unspecified atom stereocenters. The van der Waals surface area contributed by atoms with Crippen molar-refractivity contribution < 1.29 is 19.4 Å². The van der Waals surface area contributed by atoms with Gasteiger partial charge in [-0.3, -0.25) is 4.79 Å². The van der Waals surface area contributed by atoms with Crippen LogP contribution in [-0.2, 0) is 16.6 Å². The number of aryl methyl sites for hydroxylation is 1. The number of para-hydroxylation sites is 1. The van der Waals surface area contributed by atoms with E-state index in [9.17, 15) is 14.7 Å². The SMILES string of the molecule is O=C(O)NC(CCOc1ccccc1)C(=O)N1CCC2(CCc3ccccc32)CC1. The minimum absolute atomic E-state index is 0.157. The lowest BCUT2D eigenvalue weighted by Crippen LogP contribution is -2.52. The predicted octanol–water partition coefficient (Wildman–Crippen LogP) is 3.60. The molecule has 1 atom stereocenters. The number of nitrogens with zero attached hydrogens (tertiary/aromatic N) is 1. The van der Waals surface area contributed by atoms with Gasteiger partial charge in [0.05, 0.1) is 6.61 Å². The number of piperidine rings is 1. The Morgan fingerprint density at radius 3 is 2.47 bits per heavy atom. The van der Waals surface area contributed by atoms with Crippen LogP contribution in [-0.4, -0.2) is 47.7 Å². The monoisotopic (exact) mass is 408 g/mol. The lowest BCUT2D eigenvalue weighted by atomic mass is 9.74.